The van der Waals surface area contributed by atoms with Crippen LogP contribution in [0, 0.1) is 11.3 Å². The van der Waals surface area contributed by atoms with Gasteiger partial charge in [-0.2, -0.15) is 5.26 Å². The van der Waals surface area contributed by atoms with Gasteiger partial charge in [0.05, 0.1) is 11.8 Å². The van der Waals surface area contributed by atoms with Gasteiger partial charge in [-0.3, -0.25) is 4.79 Å². The predicted octanol–water partition coefficient (Wildman–Crippen LogP) is 0.853. The number of nitrogens with one attached hydrogen (secondary N) is 1. The van der Waals surface area contributed by atoms with E-state index >= 15 is 0 Å². The van der Waals surface area contributed by atoms with Crippen LogP contribution in [0.2, 0.25) is 0 Å². The average molecular weight is 262 g/mol. The Bertz CT molecular complexity index is 372. The second kappa shape index (κ2) is 8.03. The van der Waals surface area contributed by atoms with Crippen LogP contribution in [0.3, 0.4) is 0 Å². The zero-order valence-corrected chi connectivity index (χ0v) is 10.7. The van der Waals surface area contributed by atoms with Crippen molar-refractivity contribution in [3.63, 3.8) is 0 Å². The minimum absolute atomic E-state index is 0.146. The lowest BCUT2D eigenvalue weighted by Crippen LogP contribution is -2.41. The molecule has 0 aromatic carbocycles. The molecule has 7 heteroatoms. The smallest absolute Gasteiger partial charge is 0.321 e. The molecule has 17 heavy (non-hydrogen) atoms. The zero-order valence-electron chi connectivity index (χ0n) is 9.85. The molecule has 0 spiro atoms. The Balaban J connectivity index is 4.32. The van der Waals surface area contributed by atoms with Crippen molar-refractivity contribution < 1.29 is 18.3 Å². The maximum absolute atomic E-state index is 11.5. The average Bonchev–Trinajstić information content (AvgIpc) is 2.24. The number of unbranched alkanes of at least 4 members (excludes halogenated alkanes) is 2. The van der Waals surface area contributed by atoms with Gasteiger partial charge >= 0.3 is 5.97 Å². The Hall–Kier alpha value is -1.13. The van der Waals surface area contributed by atoms with E-state index in [1.807, 2.05) is 13.0 Å². The lowest BCUT2D eigenvalue weighted by Gasteiger charge is -2.13. The Morgan fingerprint density at radius 3 is 2.59 bits per heavy atom. The number of rotatable bonds is 9. The fourth-order valence-electron chi connectivity index (χ4n) is 1.26. The summed E-state index contributed by atoms with van der Waals surface area (Å²) in [5, 5.41) is 17.1. The highest BCUT2D eigenvalue weighted by atomic mass is 32.2. The molecule has 98 valence electrons. The van der Waals surface area contributed by atoms with E-state index in [-0.39, 0.29) is 25.0 Å². The van der Waals surface area contributed by atoms with Gasteiger partial charge in [-0.1, -0.05) is 19.8 Å². The molecule has 0 rings (SSSR count). The van der Waals surface area contributed by atoms with Crippen molar-refractivity contribution in [2.75, 3.05) is 5.75 Å². The van der Waals surface area contributed by atoms with Gasteiger partial charge in [0.2, 0.25) is 10.0 Å². The molecule has 1 unspecified atom stereocenters. The third-order valence-corrected chi connectivity index (χ3v) is 3.64. The third-order valence-electron chi connectivity index (χ3n) is 2.17. The Morgan fingerprint density at radius 2 is 2.12 bits per heavy atom. The van der Waals surface area contributed by atoms with Gasteiger partial charge in [-0.05, 0) is 12.8 Å². The van der Waals surface area contributed by atoms with Crippen LogP contribution in [0.4, 0.5) is 0 Å². The maximum atomic E-state index is 11.5. The van der Waals surface area contributed by atoms with Crippen molar-refractivity contribution in [1.82, 2.24) is 4.72 Å². The second-order valence-corrected chi connectivity index (χ2v) is 5.60. The van der Waals surface area contributed by atoms with E-state index < -0.39 is 22.0 Å². The number of sulfonamides is 1. The van der Waals surface area contributed by atoms with Crippen LogP contribution >= 0.6 is 0 Å². The van der Waals surface area contributed by atoms with Gasteiger partial charge in [0.15, 0.2) is 0 Å². The molecule has 0 aliphatic heterocycles. The molecule has 0 aromatic heterocycles. The van der Waals surface area contributed by atoms with Gasteiger partial charge in [-0.25, -0.2) is 13.1 Å². The lowest BCUT2D eigenvalue weighted by molar-refractivity contribution is -0.139. The van der Waals surface area contributed by atoms with Crippen LogP contribution in [0.15, 0.2) is 0 Å². The number of carboxylic acids is 1. The molecule has 0 fully saturated rings. The maximum Gasteiger partial charge on any atom is 0.321 e. The minimum Gasteiger partial charge on any atom is -0.480 e. The number of hydrogen-bond donors (Lipinski definition) is 2. The van der Waals surface area contributed by atoms with Crippen molar-refractivity contribution in [2.45, 2.75) is 45.1 Å². The van der Waals surface area contributed by atoms with Gasteiger partial charge in [-0.15, -0.1) is 0 Å². The first-order valence-corrected chi connectivity index (χ1v) is 7.18. The summed E-state index contributed by atoms with van der Waals surface area (Å²) in [5.41, 5.74) is 0. The molecular weight excluding hydrogens is 244 g/mol. The second-order valence-electron chi connectivity index (χ2n) is 3.73. The molecule has 0 bridgehead atoms. The first-order valence-electron chi connectivity index (χ1n) is 5.52. The van der Waals surface area contributed by atoms with Crippen molar-refractivity contribution >= 4 is 16.0 Å². The number of nitriles is 1. The van der Waals surface area contributed by atoms with E-state index in [1.54, 1.807) is 0 Å². The monoisotopic (exact) mass is 262 g/mol. The number of hydrogen-bond acceptors (Lipinski definition) is 4. The van der Waals surface area contributed by atoms with Crippen LogP contribution < -0.4 is 4.72 Å². The van der Waals surface area contributed by atoms with E-state index in [0.29, 0.717) is 6.42 Å². The highest BCUT2D eigenvalue weighted by Crippen LogP contribution is 2.04. The number of nitrogens with zero attached hydrogens (tertiary/aromatic N) is 1. The van der Waals surface area contributed by atoms with E-state index in [0.717, 1.165) is 6.42 Å². The molecule has 2 N–H and O–H groups in total. The summed E-state index contributed by atoms with van der Waals surface area (Å²) >= 11 is 0. The molecule has 0 aliphatic carbocycles. The van der Waals surface area contributed by atoms with E-state index in [9.17, 15) is 13.2 Å². The molecule has 0 saturated heterocycles. The van der Waals surface area contributed by atoms with Gasteiger partial charge in [0.25, 0.3) is 0 Å². The quantitative estimate of drug-likeness (QED) is 0.599. The number of carbonyl (C=O) groups is 1. The SMILES string of the molecule is CCCCC(NS(=O)(=O)CCCC#N)C(=O)O. The summed E-state index contributed by atoms with van der Waals surface area (Å²) in [7, 11) is -3.61. The summed E-state index contributed by atoms with van der Waals surface area (Å²) in [4.78, 5) is 10.8. The highest BCUT2D eigenvalue weighted by molar-refractivity contribution is 7.89. The molecule has 0 saturated carbocycles. The lowest BCUT2D eigenvalue weighted by atomic mass is 10.1. The Kier molecular flexibility index (Phi) is 7.50. The van der Waals surface area contributed by atoms with E-state index in [4.69, 9.17) is 10.4 Å². The van der Waals surface area contributed by atoms with Crippen LogP contribution in [0.25, 0.3) is 0 Å². The standard InChI is InChI=1S/C10H18N2O4S/c1-2-3-6-9(10(13)14)12-17(15,16)8-5-4-7-11/h9,12H,2-6,8H2,1H3,(H,13,14). The zero-order chi connectivity index (χ0) is 13.3. The normalized spacial score (nSPS) is 12.9. The summed E-state index contributed by atoms with van der Waals surface area (Å²) < 4.78 is 25.1. The van der Waals surface area contributed by atoms with Crippen LogP contribution in [0.1, 0.15) is 39.0 Å². The van der Waals surface area contributed by atoms with E-state index in [1.165, 1.54) is 0 Å². The van der Waals surface area contributed by atoms with Crippen LogP contribution in [-0.4, -0.2) is 31.3 Å². The predicted molar refractivity (Wildman–Crippen MR) is 62.7 cm³/mol. The number of aliphatic carboxylic acids is 1. The fraction of sp³-hybridized carbons (Fsp3) is 0.800. The molecule has 1 atom stereocenters. The topological polar surface area (TPSA) is 107 Å². The van der Waals surface area contributed by atoms with Crippen molar-refractivity contribution in [2.24, 2.45) is 0 Å². The third kappa shape index (κ3) is 7.71. The Morgan fingerprint density at radius 1 is 1.47 bits per heavy atom. The fourth-order valence-corrected chi connectivity index (χ4v) is 2.55. The molecule has 0 aromatic rings. The largest absolute Gasteiger partial charge is 0.480 e. The summed E-state index contributed by atoms with van der Waals surface area (Å²) in [5.74, 6) is -1.38. The molecule has 0 radical (unpaired) electrons. The van der Waals surface area contributed by atoms with Gasteiger partial charge in [0.1, 0.15) is 6.04 Å². The van der Waals surface area contributed by atoms with Crippen molar-refractivity contribution in [3.8, 4) is 6.07 Å². The first-order chi connectivity index (χ1) is 7.93. The van der Waals surface area contributed by atoms with Gasteiger partial charge < -0.3 is 5.11 Å². The number of carboxylic acid groups (broad SMARTS) is 1. The minimum atomic E-state index is -3.61. The van der Waals surface area contributed by atoms with Crippen LogP contribution in [0.5, 0.6) is 0 Å². The summed E-state index contributed by atoms with van der Waals surface area (Å²) in [6, 6.07) is 0.775. The summed E-state index contributed by atoms with van der Waals surface area (Å²) in [6.07, 6.45) is 2.10. The van der Waals surface area contributed by atoms with Crippen molar-refractivity contribution in [3.05, 3.63) is 0 Å². The first kappa shape index (κ1) is 15.9. The summed E-state index contributed by atoms with van der Waals surface area (Å²) in [6.45, 7) is 1.90. The van der Waals surface area contributed by atoms with Crippen molar-refractivity contribution in [1.29, 1.82) is 5.26 Å². The highest BCUT2D eigenvalue weighted by Gasteiger charge is 2.22. The molecule has 0 aliphatic rings. The molecule has 0 heterocycles. The van der Waals surface area contributed by atoms with E-state index in [2.05, 4.69) is 4.72 Å². The van der Waals surface area contributed by atoms with Crippen LogP contribution in [-0.2, 0) is 14.8 Å². The molecule has 0 amide bonds. The van der Waals surface area contributed by atoms with Gasteiger partial charge in [0, 0.05) is 6.42 Å². The molecular formula is C10H18N2O4S. The Labute approximate surface area is 102 Å². The molecule has 6 nitrogen and oxygen atoms in total.